The van der Waals surface area contributed by atoms with Crippen LogP contribution in [0.5, 0.6) is 0 Å². The van der Waals surface area contributed by atoms with Gasteiger partial charge in [0.05, 0.1) is 11.4 Å². The molecule has 1 aromatic rings. The second-order valence-corrected chi connectivity index (χ2v) is 6.97. The number of aromatic nitrogens is 2. The standard InChI is InChI=1S/C16H29N5O2/c1-6-12-13(17)14(19(5)18-12)20-8-7-9-21(11-10-20)15(22)23-16(2,3)4/h6-11,17H2,1-5H3. The van der Waals surface area contributed by atoms with E-state index in [0.717, 1.165) is 43.1 Å². The minimum Gasteiger partial charge on any atom is -0.444 e. The van der Waals surface area contributed by atoms with E-state index in [1.807, 2.05) is 32.5 Å². The Labute approximate surface area is 138 Å². The number of nitrogen functional groups attached to an aromatic ring is 1. The van der Waals surface area contributed by atoms with E-state index < -0.39 is 5.60 Å². The average Bonchev–Trinajstić information content (AvgIpc) is 2.64. The molecule has 1 amide bonds. The number of nitrogens with two attached hydrogens (primary N) is 1. The number of nitrogens with zero attached hydrogens (tertiary/aromatic N) is 4. The number of carbonyl (C=O) groups is 1. The molecule has 2 rings (SSSR count). The molecule has 130 valence electrons. The maximum Gasteiger partial charge on any atom is 0.410 e. The second kappa shape index (κ2) is 6.68. The number of hydrogen-bond acceptors (Lipinski definition) is 5. The van der Waals surface area contributed by atoms with Crippen molar-refractivity contribution in [2.24, 2.45) is 7.05 Å². The van der Waals surface area contributed by atoms with E-state index in [-0.39, 0.29) is 6.09 Å². The molecule has 0 aliphatic carbocycles. The van der Waals surface area contributed by atoms with Crippen molar-refractivity contribution in [2.45, 2.75) is 46.1 Å². The molecule has 2 N–H and O–H groups in total. The van der Waals surface area contributed by atoms with E-state index in [0.29, 0.717) is 13.1 Å². The first-order valence-corrected chi connectivity index (χ1v) is 8.27. The third-order valence-corrected chi connectivity index (χ3v) is 3.91. The topological polar surface area (TPSA) is 76.6 Å². The van der Waals surface area contributed by atoms with Crippen LogP contribution in [0.4, 0.5) is 16.3 Å². The summed E-state index contributed by atoms with van der Waals surface area (Å²) in [6.45, 7) is 10.6. The van der Waals surface area contributed by atoms with Crippen molar-refractivity contribution in [2.75, 3.05) is 36.8 Å². The Morgan fingerprint density at radius 2 is 1.96 bits per heavy atom. The molecule has 1 aliphatic rings. The molecule has 1 aliphatic heterocycles. The van der Waals surface area contributed by atoms with Gasteiger partial charge in [0.1, 0.15) is 11.4 Å². The molecule has 0 aromatic carbocycles. The highest BCUT2D eigenvalue weighted by atomic mass is 16.6. The van der Waals surface area contributed by atoms with Crippen molar-refractivity contribution in [3.8, 4) is 0 Å². The number of ether oxygens (including phenoxy) is 1. The Balaban J connectivity index is 2.07. The van der Waals surface area contributed by atoms with E-state index in [4.69, 9.17) is 10.5 Å². The Bertz CT molecular complexity index is 562. The fourth-order valence-corrected chi connectivity index (χ4v) is 2.86. The van der Waals surface area contributed by atoms with Gasteiger partial charge in [-0.1, -0.05) is 6.92 Å². The highest BCUT2D eigenvalue weighted by Crippen LogP contribution is 2.27. The first-order chi connectivity index (χ1) is 10.7. The number of hydrogen-bond donors (Lipinski definition) is 1. The molecule has 7 nitrogen and oxygen atoms in total. The minimum atomic E-state index is -0.467. The fraction of sp³-hybridized carbons (Fsp3) is 0.750. The van der Waals surface area contributed by atoms with Crippen LogP contribution in [0.25, 0.3) is 0 Å². The van der Waals surface area contributed by atoms with Crippen LogP contribution >= 0.6 is 0 Å². The lowest BCUT2D eigenvalue weighted by molar-refractivity contribution is 0.0263. The molecule has 1 aromatic heterocycles. The lowest BCUT2D eigenvalue weighted by atomic mass is 10.2. The second-order valence-electron chi connectivity index (χ2n) is 6.97. The van der Waals surface area contributed by atoms with Gasteiger partial charge in [-0.25, -0.2) is 4.79 Å². The van der Waals surface area contributed by atoms with E-state index >= 15 is 0 Å². The van der Waals surface area contributed by atoms with Gasteiger partial charge in [-0.05, 0) is 33.6 Å². The first kappa shape index (κ1) is 17.4. The Kier molecular flexibility index (Phi) is 5.06. The Hall–Kier alpha value is -1.92. The molecule has 23 heavy (non-hydrogen) atoms. The van der Waals surface area contributed by atoms with E-state index in [9.17, 15) is 4.79 Å². The Morgan fingerprint density at radius 1 is 1.26 bits per heavy atom. The molecule has 0 atom stereocenters. The van der Waals surface area contributed by atoms with Crippen LogP contribution in [0.15, 0.2) is 0 Å². The lowest BCUT2D eigenvalue weighted by Gasteiger charge is -2.27. The maximum absolute atomic E-state index is 12.2. The van der Waals surface area contributed by atoms with Crippen molar-refractivity contribution >= 4 is 17.6 Å². The van der Waals surface area contributed by atoms with Crippen molar-refractivity contribution in [3.05, 3.63) is 5.69 Å². The zero-order chi connectivity index (χ0) is 17.2. The maximum atomic E-state index is 12.2. The zero-order valence-electron chi connectivity index (χ0n) is 14.9. The van der Waals surface area contributed by atoms with Crippen LogP contribution in [-0.2, 0) is 18.2 Å². The molecular formula is C16H29N5O2. The van der Waals surface area contributed by atoms with Crippen molar-refractivity contribution in [1.82, 2.24) is 14.7 Å². The molecule has 0 spiro atoms. The van der Waals surface area contributed by atoms with Gasteiger partial charge in [-0.15, -0.1) is 0 Å². The summed E-state index contributed by atoms with van der Waals surface area (Å²) in [6.07, 6.45) is 1.45. The number of amides is 1. The molecule has 0 bridgehead atoms. The fourth-order valence-electron chi connectivity index (χ4n) is 2.86. The first-order valence-electron chi connectivity index (χ1n) is 8.27. The summed E-state index contributed by atoms with van der Waals surface area (Å²) < 4.78 is 7.31. The number of anilines is 2. The van der Waals surface area contributed by atoms with Crippen LogP contribution in [0.2, 0.25) is 0 Å². The largest absolute Gasteiger partial charge is 0.444 e. The van der Waals surface area contributed by atoms with E-state index in [1.165, 1.54) is 0 Å². The molecule has 0 radical (unpaired) electrons. The molecular weight excluding hydrogens is 294 g/mol. The summed E-state index contributed by atoms with van der Waals surface area (Å²) >= 11 is 0. The van der Waals surface area contributed by atoms with E-state index in [1.54, 1.807) is 4.90 Å². The highest BCUT2D eigenvalue weighted by Gasteiger charge is 2.26. The normalized spacial score (nSPS) is 16.4. The lowest BCUT2D eigenvalue weighted by Crippen LogP contribution is -2.39. The van der Waals surface area contributed by atoms with Crippen molar-refractivity contribution < 1.29 is 9.53 Å². The molecule has 1 fully saturated rings. The summed E-state index contributed by atoms with van der Waals surface area (Å²) in [5, 5.41) is 4.48. The summed E-state index contributed by atoms with van der Waals surface area (Å²) in [6, 6.07) is 0. The highest BCUT2D eigenvalue weighted by molar-refractivity contribution is 5.69. The monoisotopic (exact) mass is 323 g/mol. The number of carbonyl (C=O) groups excluding carboxylic acids is 1. The van der Waals surface area contributed by atoms with Gasteiger partial charge < -0.3 is 20.3 Å². The van der Waals surface area contributed by atoms with Crippen LogP contribution in [0.1, 0.15) is 39.8 Å². The molecule has 1 saturated heterocycles. The predicted molar refractivity (Wildman–Crippen MR) is 91.6 cm³/mol. The van der Waals surface area contributed by atoms with Gasteiger partial charge in [0.15, 0.2) is 0 Å². The number of rotatable bonds is 2. The van der Waals surface area contributed by atoms with Gasteiger partial charge in [-0.3, -0.25) is 4.68 Å². The molecule has 2 heterocycles. The minimum absolute atomic E-state index is 0.244. The zero-order valence-corrected chi connectivity index (χ0v) is 14.9. The Morgan fingerprint density at radius 3 is 2.52 bits per heavy atom. The molecule has 0 saturated carbocycles. The smallest absolute Gasteiger partial charge is 0.410 e. The van der Waals surface area contributed by atoms with Crippen LogP contribution in [0.3, 0.4) is 0 Å². The van der Waals surface area contributed by atoms with Gasteiger partial charge in [0, 0.05) is 33.2 Å². The summed E-state index contributed by atoms with van der Waals surface area (Å²) in [5.74, 6) is 0.952. The quantitative estimate of drug-likeness (QED) is 0.901. The summed E-state index contributed by atoms with van der Waals surface area (Å²) in [5.41, 5.74) is 7.45. The van der Waals surface area contributed by atoms with Crippen molar-refractivity contribution in [3.63, 3.8) is 0 Å². The molecule has 0 unspecified atom stereocenters. The SMILES string of the molecule is CCc1nn(C)c(N2CCCN(C(=O)OC(C)(C)C)CC2)c1N. The molecule has 7 heteroatoms. The van der Waals surface area contributed by atoms with Gasteiger partial charge in [0.25, 0.3) is 0 Å². The number of aryl methyl sites for hydroxylation is 2. The third kappa shape index (κ3) is 4.09. The predicted octanol–water partition coefficient (Wildman–Crippen LogP) is 2.01. The van der Waals surface area contributed by atoms with E-state index in [2.05, 4.69) is 16.9 Å². The average molecular weight is 323 g/mol. The van der Waals surface area contributed by atoms with Crippen molar-refractivity contribution in [1.29, 1.82) is 0 Å². The van der Waals surface area contributed by atoms with Gasteiger partial charge in [-0.2, -0.15) is 5.10 Å². The van der Waals surface area contributed by atoms with Crippen LogP contribution in [-0.4, -0.2) is 52.6 Å². The van der Waals surface area contributed by atoms with Gasteiger partial charge in [0.2, 0.25) is 0 Å². The third-order valence-electron chi connectivity index (χ3n) is 3.91. The summed E-state index contributed by atoms with van der Waals surface area (Å²) in [7, 11) is 1.92. The van der Waals surface area contributed by atoms with Crippen LogP contribution in [0, 0.1) is 0 Å². The summed E-state index contributed by atoms with van der Waals surface area (Å²) in [4.78, 5) is 16.2. The van der Waals surface area contributed by atoms with Crippen LogP contribution < -0.4 is 10.6 Å². The van der Waals surface area contributed by atoms with Gasteiger partial charge >= 0.3 is 6.09 Å².